The van der Waals surface area contributed by atoms with Crippen LogP contribution in [-0.2, 0) is 0 Å². The number of allylic oxidation sites excluding steroid dienone is 4. The Kier molecular flexibility index (Phi) is 5.50. The van der Waals surface area contributed by atoms with Crippen LogP contribution in [0, 0.1) is 16.7 Å². The summed E-state index contributed by atoms with van der Waals surface area (Å²) in [6, 6.07) is 3.50. The number of rotatable bonds is 5. The summed E-state index contributed by atoms with van der Waals surface area (Å²) in [6.45, 7) is 9.78. The summed E-state index contributed by atoms with van der Waals surface area (Å²) in [5, 5.41) is 9.58. The monoisotopic (exact) mass is 259 g/mol. The first-order valence-corrected chi connectivity index (χ1v) is 6.92. The second kappa shape index (κ2) is 6.68. The van der Waals surface area contributed by atoms with Crippen LogP contribution in [0.25, 0.3) is 0 Å². The molecule has 3 unspecified atom stereocenters. The largest absolute Gasteiger partial charge is 0.301 e. The van der Waals surface area contributed by atoms with Crippen molar-refractivity contribution in [1.82, 2.24) is 4.90 Å². The van der Waals surface area contributed by atoms with Crippen molar-refractivity contribution >= 4 is 6.72 Å². The van der Waals surface area contributed by atoms with E-state index in [1.165, 1.54) is 6.42 Å². The number of nitriles is 1. The Bertz CT molecular complexity index is 416. The van der Waals surface area contributed by atoms with Crippen LogP contribution in [0.15, 0.2) is 28.9 Å². The highest BCUT2D eigenvalue weighted by molar-refractivity contribution is 5.35. The zero-order valence-corrected chi connectivity index (χ0v) is 12.6. The molecule has 1 fully saturated rings. The average molecular weight is 259 g/mol. The third-order valence-electron chi connectivity index (χ3n) is 4.26. The van der Waals surface area contributed by atoms with Crippen LogP contribution < -0.4 is 0 Å². The number of nitrogens with zero attached hydrogens (tertiary/aromatic N) is 3. The van der Waals surface area contributed by atoms with Gasteiger partial charge in [0, 0.05) is 12.1 Å². The molecule has 1 heterocycles. The van der Waals surface area contributed by atoms with E-state index < -0.39 is 5.41 Å². The van der Waals surface area contributed by atoms with Gasteiger partial charge in [-0.2, -0.15) is 5.26 Å². The van der Waals surface area contributed by atoms with Crippen molar-refractivity contribution in [3.63, 3.8) is 0 Å². The van der Waals surface area contributed by atoms with E-state index in [1.54, 1.807) is 0 Å². The molecule has 3 nitrogen and oxygen atoms in total. The lowest BCUT2D eigenvalue weighted by Gasteiger charge is -2.30. The smallest absolute Gasteiger partial charge is 0.0979 e. The second-order valence-electron chi connectivity index (χ2n) is 5.63. The topological polar surface area (TPSA) is 39.4 Å². The van der Waals surface area contributed by atoms with Gasteiger partial charge in [0.05, 0.1) is 17.2 Å². The van der Waals surface area contributed by atoms with Gasteiger partial charge in [-0.3, -0.25) is 4.99 Å². The SMILES string of the molecule is C=N/C(=C\C=C/C)C(C)(C#N)CC1CCC(C)N1C. The maximum absolute atomic E-state index is 9.58. The van der Waals surface area contributed by atoms with Gasteiger partial charge in [-0.05, 0) is 59.9 Å². The van der Waals surface area contributed by atoms with Gasteiger partial charge in [0.15, 0.2) is 0 Å². The number of likely N-dealkylation sites (tertiary alicyclic amines) is 1. The molecule has 1 rings (SSSR count). The van der Waals surface area contributed by atoms with E-state index in [1.807, 2.05) is 32.1 Å². The fourth-order valence-corrected chi connectivity index (χ4v) is 2.72. The highest BCUT2D eigenvalue weighted by atomic mass is 15.2. The lowest BCUT2D eigenvalue weighted by atomic mass is 9.81. The van der Waals surface area contributed by atoms with E-state index >= 15 is 0 Å². The molecule has 0 radical (unpaired) electrons. The van der Waals surface area contributed by atoms with Gasteiger partial charge in [-0.25, -0.2) is 0 Å². The van der Waals surface area contributed by atoms with Gasteiger partial charge >= 0.3 is 0 Å². The van der Waals surface area contributed by atoms with Crippen LogP contribution in [0.2, 0.25) is 0 Å². The summed E-state index contributed by atoms with van der Waals surface area (Å²) < 4.78 is 0. The van der Waals surface area contributed by atoms with Crippen LogP contribution in [0.4, 0.5) is 0 Å². The normalized spacial score (nSPS) is 28.3. The van der Waals surface area contributed by atoms with Crippen LogP contribution >= 0.6 is 0 Å². The number of hydrogen-bond acceptors (Lipinski definition) is 3. The molecule has 1 aliphatic heterocycles. The molecule has 0 N–H and O–H groups in total. The molecule has 3 heteroatoms. The van der Waals surface area contributed by atoms with E-state index in [0.717, 1.165) is 18.5 Å². The summed E-state index contributed by atoms with van der Waals surface area (Å²) in [6.07, 6.45) is 8.93. The van der Waals surface area contributed by atoms with Gasteiger partial charge in [-0.1, -0.05) is 12.2 Å². The lowest BCUT2D eigenvalue weighted by Crippen LogP contribution is -2.35. The van der Waals surface area contributed by atoms with Crippen molar-refractivity contribution in [3.05, 3.63) is 23.9 Å². The molecule has 0 bridgehead atoms. The first-order valence-electron chi connectivity index (χ1n) is 6.92. The fourth-order valence-electron chi connectivity index (χ4n) is 2.72. The minimum Gasteiger partial charge on any atom is -0.301 e. The predicted molar refractivity (Wildman–Crippen MR) is 81.0 cm³/mol. The zero-order valence-electron chi connectivity index (χ0n) is 12.6. The van der Waals surface area contributed by atoms with Gasteiger partial charge in [0.25, 0.3) is 0 Å². The molecule has 0 saturated carbocycles. The maximum atomic E-state index is 9.58. The van der Waals surface area contributed by atoms with Gasteiger partial charge in [0.1, 0.15) is 0 Å². The van der Waals surface area contributed by atoms with Crippen molar-refractivity contribution in [1.29, 1.82) is 5.26 Å². The number of hydrogen-bond donors (Lipinski definition) is 0. The highest BCUT2D eigenvalue weighted by Crippen LogP contribution is 2.37. The molecule has 0 amide bonds. The summed E-state index contributed by atoms with van der Waals surface area (Å²) >= 11 is 0. The van der Waals surface area contributed by atoms with Crippen LogP contribution in [-0.4, -0.2) is 30.7 Å². The molecule has 0 aromatic rings. The van der Waals surface area contributed by atoms with E-state index in [0.29, 0.717) is 12.1 Å². The van der Waals surface area contributed by atoms with E-state index in [9.17, 15) is 5.26 Å². The molecule has 3 atom stereocenters. The van der Waals surface area contributed by atoms with Crippen molar-refractivity contribution in [2.75, 3.05) is 7.05 Å². The molecule has 1 aliphatic rings. The Morgan fingerprint density at radius 3 is 2.68 bits per heavy atom. The third kappa shape index (κ3) is 3.54. The molecule has 0 aromatic carbocycles. The summed E-state index contributed by atoms with van der Waals surface area (Å²) in [5.41, 5.74) is 0.200. The van der Waals surface area contributed by atoms with Crippen LogP contribution in [0.5, 0.6) is 0 Å². The van der Waals surface area contributed by atoms with Gasteiger partial charge < -0.3 is 4.90 Å². The third-order valence-corrected chi connectivity index (χ3v) is 4.26. The Labute approximate surface area is 117 Å². The molecule has 0 aliphatic carbocycles. The average Bonchev–Trinajstić information content (AvgIpc) is 2.71. The van der Waals surface area contributed by atoms with Crippen molar-refractivity contribution in [2.45, 2.75) is 52.1 Å². The predicted octanol–water partition coefficient (Wildman–Crippen LogP) is 3.55. The Hall–Kier alpha value is -1.40. The highest BCUT2D eigenvalue weighted by Gasteiger charge is 2.37. The van der Waals surface area contributed by atoms with Crippen molar-refractivity contribution < 1.29 is 0 Å². The number of aliphatic imine (C=N–C) groups is 1. The lowest BCUT2D eigenvalue weighted by molar-refractivity contribution is 0.213. The molecule has 104 valence electrons. The molecule has 19 heavy (non-hydrogen) atoms. The summed E-state index contributed by atoms with van der Waals surface area (Å²) in [4.78, 5) is 6.45. The van der Waals surface area contributed by atoms with E-state index in [4.69, 9.17) is 0 Å². The molecular weight excluding hydrogens is 234 g/mol. The summed E-state index contributed by atoms with van der Waals surface area (Å²) in [7, 11) is 2.15. The first kappa shape index (κ1) is 15.7. The first-order chi connectivity index (χ1) is 8.98. The Morgan fingerprint density at radius 1 is 1.58 bits per heavy atom. The molecular formula is C16H25N3. The Morgan fingerprint density at radius 2 is 2.26 bits per heavy atom. The minimum atomic E-state index is -0.565. The van der Waals surface area contributed by atoms with Gasteiger partial charge in [0.2, 0.25) is 0 Å². The van der Waals surface area contributed by atoms with Crippen molar-refractivity contribution in [3.8, 4) is 6.07 Å². The zero-order chi connectivity index (χ0) is 14.5. The van der Waals surface area contributed by atoms with Crippen molar-refractivity contribution in [2.24, 2.45) is 10.4 Å². The Balaban J connectivity index is 2.92. The second-order valence-corrected chi connectivity index (χ2v) is 5.63. The van der Waals surface area contributed by atoms with Crippen LogP contribution in [0.3, 0.4) is 0 Å². The molecule has 0 spiro atoms. The minimum absolute atomic E-state index is 0.454. The van der Waals surface area contributed by atoms with E-state index in [2.05, 4.69) is 36.7 Å². The summed E-state index contributed by atoms with van der Waals surface area (Å²) in [5.74, 6) is 0. The fraction of sp³-hybridized carbons (Fsp3) is 0.625. The molecule has 1 saturated heterocycles. The van der Waals surface area contributed by atoms with E-state index in [-0.39, 0.29) is 0 Å². The quantitative estimate of drug-likeness (QED) is 0.559. The van der Waals surface area contributed by atoms with Gasteiger partial charge in [-0.15, -0.1) is 0 Å². The maximum Gasteiger partial charge on any atom is 0.0979 e. The van der Waals surface area contributed by atoms with Crippen LogP contribution in [0.1, 0.15) is 40.0 Å². The molecule has 0 aromatic heterocycles. The standard InChI is InChI=1S/C16H25N3/c1-6-7-8-15(18-4)16(3,12-17)11-14-10-9-13(2)19(14)5/h6-8,13-14H,4,9-11H2,1-3,5H3/b7-6-,15-8-.